The van der Waals surface area contributed by atoms with Crippen LogP contribution < -0.4 is 14.8 Å². The molecule has 0 atom stereocenters. The molecule has 1 aromatic heterocycles. The summed E-state index contributed by atoms with van der Waals surface area (Å²) in [6.45, 7) is 5.91. The van der Waals surface area contributed by atoms with Gasteiger partial charge in [0.25, 0.3) is 10.0 Å². The second-order valence-corrected chi connectivity index (χ2v) is 9.64. The Morgan fingerprint density at radius 1 is 1.06 bits per heavy atom. The molecule has 0 saturated heterocycles. The molecular weight excluding hydrogens is 508 g/mol. The number of carbonyl (C=O) groups excluding carboxylic acids is 1. The maximum Gasteiger partial charge on any atom is 0.264 e. The minimum atomic E-state index is -3.87. The van der Waals surface area contributed by atoms with Crippen molar-refractivity contribution in [3.8, 4) is 5.75 Å². The van der Waals surface area contributed by atoms with Crippen LogP contribution in [0.4, 0.5) is 11.6 Å². The third kappa shape index (κ3) is 6.87. The van der Waals surface area contributed by atoms with Crippen molar-refractivity contribution in [3.63, 3.8) is 0 Å². The van der Waals surface area contributed by atoms with Crippen LogP contribution in [-0.4, -0.2) is 30.9 Å². The zero-order chi connectivity index (χ0) is 24.0. The SMILES string of the molecule is CCOc1ccc(Br)cc1/C=C/C(=O)Nc1ccc(S(=O)(=O)Nc2nc(C)cc(C)n2)cc1. The molecule has 0 saturated carbocycles. The van der Waals surface area contributed by atoms with Crippen molar-refractivity contribution in [2.75, 3.05) is 16.6 Å². The van der Waals surface area contributed by atoms with E-state index in [1.165, 1.54) is 30.3 Å². The minimum Gasteiger partial charge on any atom is -0.493 e. The molecule has 0 aliphatic heterocycles. The lowest BCUT2D eigenvalue weighted by molar-refractivity contribution is -0.111. The van der Waals surface area contributed by atoms with E-state index in [9.17, 15) is 13.2 Å². The van der Waals surface area contributed by atoms with Gasteiger partial charge in [0.1, 0.15) is 5.75 Å². The molecule has 172 valence electrons. The molecule has 8 nitrogen and oxygen atoms in total. The summed E-state index contributed by atoms with van der Waals surface area (Å²) in [5, 5.41) is 2.70. The van der Waals surface area contributed by atoms with Crippen molar-refractivity contribution < 1.29 is 17.9 Å². The Balaban J connectivity index is 1.68. The average Bonchev–Trinajstić information content (AvgIpc) is 2.73. The number of halogens is 1. The van der Waals surface area contributed by atoms with Crippen LogP contribution in [0.25, 0.3) is 6.08 Å². The number of hydrogen-bond acceptors (Lipinski definition) is 6. The molecule has 2 aromatic carbocycles. The van der Waals surface area contributed by atoms with E-state index in [0.717, 1.165) is 10.0 Å². The number of sulfonamides is 1. The van der Waals surface area contributed by atoms with Crippen molar-refractivity contribution in [2.45, 2.75) is 25.7 Å². The monoisotopic (exact) mass is 530 g/mol. The molecule has 0 fully saturated rings. The number of amides is 1. The third-order valence-corrected chi connectivity index (χ3v) is 6.16. The predicted molar refractivity (Wildman–Crippen MR) is 132 cm³/mol. The fraction of sp³-hybridized carbons (Fsp3) is 0.174. The first-order valence-electron chi connectivity index (χ1n) is 10.0. The predicted octanol–water partition coefficient (Wildman–Crippen LogP) is 4.71. The summed E-state index contributed by atoms with van der Waals surface area (Å²) in [5.41, 5.74) is 2.51. The van der Waals surface area contributed by atoms with Gasteiger partial charge in [0, 0.05) is 33.2 Å². The molecule has 0 unspecified atom stereocenters. The van der Waals surface area contributed by atoms with Gasteiger partial charge in [-0.15, -0.1) is 0 Å². The zero-order valence-electron chi connectivity index (χ0n) is 18.3. The smallest absolute Gasteiger partial charge is 0.264 e. The number of aromatic nitrogens is 2. The van der Waals surface area contributed by atoms with Crippen LogP contribution in [0.3, 0.4) is 0 Å². The second-order valence-electron chi connectivity index (χ2n) is 7.04. The fourth-order valence-corrected chi connectivity index (χ4v) is 4.28. The van der Waals surface area contributed by atoms with Gasteiger partial charge in [0.05, 0.1) is 11.5 Å². The molecule has 1 heterocycles. The highest BCUT2D eigenvalue weighted by molar-refractivity contribution is 9.10. The quantitative estimate of drug-likeness (QED) is 0.408. The van der Waals surface area contributed by atoms with Crippen LogP contribution >= 0.6 is 15.9 Å². The van der Waals surface area contributed by atoms with E-state index in [1.54, 1.807) is 26.0 Å². The molecule has 0 aliphatic carbocycles. The molecule has 0 spiro atoms. The number of nitrogens with zero attached hydrogens (tertiary/aromatic N) is 2. The van der Waals surface area contributed by atoms with Crippen molar-refractivity contribution in [3.05, 3.63) is 76.0 Å². The number of anilines is 2. The van der Waals surface area contributed by atoms with Crippen LogP contribution in [-0.2, 0) is 14.8 Å². The molecule has 0 bridgehead atoms. The van der Waals surface area contributed by atoms with Gasteiger partial charge in [-0.2, -0.15) is 0 Å². The molecule has 3 aromatic rings. The van der Waals surface area contributed by atoms with Gasteiger partial charge in [-0.25, -0.2) is 23.1 Å². The Labute approximate surface area is 201 Å². The first-order valence-corrected chi connectivity index (χ1v) is 12.3. The van der Waals surface area contributed by atoms with E-state index in [0.29, 0.717) is 29.4 Å². The summed E-state index contributed by atoms with van der Waals surface area (Å²) in [6, 6.07) is 13.1. The van der Waals surface area contributed by atoms with Gasteiger partial charge < -0.3 is 10.1 Å². The molecular formula is C23H23BrN4O4S. The number of hydrogen-bond donors (Lipinski definition) is 2. The fourth-order valence-electron chi connectivity index (χ4n) is 2.95. The van der Waals surface area contributed by atoms with Crippen molar-refractivity contribution in [1.82, 2.24) is 9.97 Å². The summed E-state index contributed by atoms with van der Waals surface area (Å²) in [4.78, 5) is 20.5. The third-order valence-electron chi connectivity index (χ3n) is 4.33. The lowest BCUT2D eigenvalue weighted by Gasteiger charge is -2.09. The maximum absolute atomic E-state index is 12.6. The number of aryl methyl sites for hydroxylation is 2. The first-order chi connectivity index (χ1) is 15.7. The van der Waals surface area contributed by atoms with Crippen molar-refractivity contribution >= 4 is 49.6 Å². The molecule has 1 amide bonds. The molecule has 10 heteroatoms. The van der Waals surface area contributed by atoms with E-state index in [2.05, 4.69) is 35.9 Å². The molecule has 0 aliphatic rings. The van der Waals surface area contributed by atoms with Gasteiger partial charge in [-0.1, -0.05) is 15.9 Å². The van der Waals surface area contributed by atoms with Gasteiger partial charge >= 0.3 is 0 Å². The van der Waals surface area contributed by atoms with E-state index in [1.807, 2.05) is 25.1 Å². The largest absolute Gasteiger partial charge is 0.493 e. The van der Waals surface area contributed by atoms with E-state index in [4.69, 9.17) is 4.74 Å². The lowest BCUT2D eigenvalue weighted by Crippen LogP contribution is -2.16. The van der Waals surface area contributed by atoms with Gasteiger partial charge in [-0.05, 0) is 75.4 Å². The first kappa shape index (κ1) is 24.4. The normalized spacial score (nSPS) is 11.4. The second kappa shape index (κ2) is 10.6. The highest BCUT2D eigenvalue weighted by Gasteiger charge is 2.16. The van der Waals surface area contributed by atoms with Crippen molar-refractivity contribution in [1.29, 1.82) is 0 Å². The number of ether oxygens (including phenoxy) is 1. The highest BCUT2D eigenvalue weighted by Crippen LogP contribution is 2.24. The average molecular weight is 531 g/mol. The Morgan fingerprint density at radius 3 is 2.36 bits per heavy atom. The highest BCUT2D eigenvalue weighted by atomic mass is 79.9. The Morgan fingerprint density at radius 2 is 1.73 bits per heavy atom. The van der Waals surface area contributed by atoms with E-state index in [-0.39, 0.29) is 16.8 Å². The van der Waals surface area contributed by atoms with E-state index >= 15 is 0 Å². The Bertz CT molecular complexity index is 1270. The molecule has 2 N–H and O–H groups in total. The van der Waals surface area contributed by atoms with E-state index < -0.39 is 10.0 Å². The number of carbonyl (C=O) groups is 1. The molecule has 0 radical (unpaired) electrons. The van der Waals surface area contributed by atoms with Gasteiger partial charge in [-0.3, -0.25) is 4.79 Å². The minimum absolute atomic E-state index is 0.00832. The van der Waals surface area contributed by atoms with Crippen LogP contribution in [0.5, 0.6) is 5.75 Å². The Hall–Kier alpha value is -3.24. The number of rotatable bonds is 8. The molecule has 3 rings (SSSR count). The van der Waals surface area contributed by atoms with Gasteiger partial charge in [0.15, 0.2) is 0 Å². The Kier molecular flexibility index (Phi) is 7.83. The van der Waals surface area contributed by atoms with Crippen LogP contribution in [0.2, 0.25) is 0 Å². The number of nitrogens with one attached hydrogen (secondary N) is 2. The summed E-state index contributed by atoms with van der Waals surface area (Å²) in [6.07, 6.45) is 3.03. The topological polar surface area (TPSA) is 110 Å². The molecule has 33 heavy (non-hydrogen) atoms. The van der Waals surface area contributed by atoms with Gasteiger partial charge in [0.2, 0.25) is 11.9 Å². The zero-order valence-corrected chi connectivity index (χ0v) is 20.7. The summed E-state index contributed by atoms with van der Waals surface area (Å²) in [7, 11) is -3.87. The van der Waals surface area contributed by atoms with Crippen LogP contribution in [0, 0.1) is 13.8 Å². The summed E-state index contributed by atoms with van der Waals surface area (Å²) in [5.74, 6) is 0.309. The summed E-state index contributed by atoms with van der Waals surface area (Å²) < 4.78 is 34.1. The maximum atomic E-state index is 12.6. The van der Waals surface area contributed by atoms with Crippen LogP contribution in [0.1, 0.15) is 23.9 Å². The standard InChI is InChI=1S/C23H23BrN4O4S/c1-4-32-21-11-6-18(24)14-17(21)5-12-22(29)27-19-7-9-20(10-8-19)33(30,31)28-23-25-15(2)13-16(3)26-23/h5-14H,4H2,1-3H3,(H,27,29)(H,25,26,28)/b12-5+. The van der Waals surface area contributed by atoms with Crippen LogP contribution in [0.15, 0.2) is 64.0 Å². The van der Waals surface area contributed by atoms with Crippen molar-refractivity contribution in [2.24, 2.45) is 0 Å². The number of benzene rings is 2. The lowest BCUT2D eigenvalue weighted by atomic mass is 10.2. The summed E-state index contributed by atoms with van der Waals surface area (Å²) >= 11 is 3.41.